The molecule has 0 amide bonds. The number of nitrogens with two attached hydrogens (primary N) is 1. The molecule has 0 saturated heterocycles. The molecule has 0 radical (unpaired) electrons. The molecule has 6 heteroatoms. The number of ether oxygens (including phenoxy) is 1. The van der Waals surface area contributed by atoms with E-state index in [1.807, 2.05) is 19.1 Å². The fourth-order valence-corrected chi connectivity index (χ4v) is 2.16. The van der Waals surface area contributed by atoms with Crippen LogP contribution >= 0.6 is 0 Å². The zero-order valence-electron chi connectivity index (χ0n) is 10.4. The van der Waals surface area contributed by atoms with Crippen molar-refractivity contribution in [3.05, 3.63) is 23.8 Å². The van der Waals surface area contributed by atoms with E-state index in [4.69, 9.17) is 20.2 Å². The van der Waals surface area contributed by atoms with E-state index in [9.17, 15) is 5.02 Å². The molecule has 1 heterocycles. The van der Waals surface area contributed by atoms with E-state index in [2.05, 4.69) is 0 Å². The maximum absolute atomic E-state index is 9.98. The van der Waals surface area contributed by atoms with E-state index < -0.39 is 12.7 Å². The molecule has 0 spiro atoms. The predicted molar refractivity (Wildman–Crippen MR) is 68.7 cm³/mol. The Labute approximate surface area is 107 Å². The molecular weight excluding hydrogens is 233 g/mol. The predicted octanol–water partition coefficient (Wildman–Crippen LogP) is -0.661. The van der Waals surface area contributed by atoms with Crippen LogP contribution in [0.25, 0.3) is 0 Å². The van der Waals surface area contributed by atoms with Crippen LogP contribution in [0.4, 0.5) is 0 Å². The molecule has 5 nitrogen and oxygen atoms in total. The summed E-state index contributed by atoms with van der Waals surface area (Å²) in [6.07, 6.45) is 0.550. The first-order valence-corrected chi connectivity index (χ1v) is 6.05. The van der Waals surface area contributed by atoms with Crippen molar-refractivity contribution in [1.29, 1.82) is 0 Å². The lowest BCUT2D eigenvalue weighted by molar-refractivity contribution is 0.0893. The van der Waals surface area contributed by atoms with Crippen LogP contribution in [0.2, 0.25) is 0 Å². The van der Waals surface area contributed by atoms with Gasteiger partial charge in [-0.25, -0.2) is 0 Å². The Balaban J connectivity index is 2.30. The number of aliphatic hydroxyl groups excluding tert-OH is 1. The van der Waals surface area contributed by atoms with Crippen LogP contribution in [0.1, 0.15) is 18.9 Å². The smallest absolute Gasteiger partial charge is 0.494 e. The Bertz CT molecular complexity index is 429. The van der Waals surface area contributed by atoms with Gasteiger partial charge in [-0.05, 0) is 18.6 Å². The molecule has 0 aliphatic carbocycles. The van der Waals surface area contributed by atoms with Gasteiger partial charge in [-0.3, -0.25) is 0 Å². The van der Waals surface area contributed by atoms with Crippen LogP contribution < -0.4 is 15.9 Å². The topological polar surface area (TPSA) is 84.9 Å². The van der Waals surface area contributed by atoms with Gasteiger partial charge in [0.1, 0.15) is 5.75 Å². The van der Waals surface area contributed by atoms with Crippen molar-refractivity contribution in [3.8, 4) is 5.75 Å². The minimum absolute atomic E-state index is 0.0780. The third-order valence-corrected chi connectivity index (χ3v) is 3.20. The number of fused-ring (bicyclic) bond motifs is 1. The largest absolute Gasteiger partial charge is 0.496 e. The molecule has 1 aliphatic rings. The standard InChI is InChI=1S/C12H18BNO4/c1-12(8-14)9-4-2-5-10(17-7-3-6-15)11(9)13(16)18-12/h2,4-5,15-16H,3,6-8,14H2,1H3. The lowest BCUT2D eigenvalue weighted by Crippen LogP contribution is -2.33. The van der Waals surface area contributed by atoms with Gasteiger partial charge in [0, 0.05) is 25.0 Å². The van der Waals surface area contributed by atoms with Crippen molar-refractivity contribution in [2.45, 2.75) is 18.9 Å². The third-order valence-electron chi connectivity index (χ3n) is 3.20. The summed E-state index contributed by atoms with van der Waals surface area (Å²) in [7, 11) is -1.01. The number of rotatable bonds is 5. The lowest BCUT2D eigenvalue weighted by Gasteiger charge is -2.23. The average molecular weight is 251 g/mol. The molecule has 1 aromatic carbocycles. The normalized spacial score (nSPS) is 22.1. The Morgan fingerprint density at radius 1 is 1.50 bits per heavy atom. The zero-order valence-corrected chi connectivity index (χ0v) is 10.4. The number of hydrogen-bond acceptors (Lipinski definition) is 5. The van der Waals surface area contributed by atoms with E-state index in [1.54, 1.807) is 6.07 Å². The summed E-state index contributed by atoms with van der Waals surface area (Å²) in [5, 5.41) is 18.7. The van der Waals surface area contributed by atoms with Crippen molar-refractivity contribution in [2.24, 2.45) is 5.73 Å². The number of benzene rings is 1. The molecule has 1 aromatic rings. The second kappa shape index (κ2) is 5.28. The van der Waals surface area contributed by atoms with E-state index in [-0.39, 0.29) is 13.2 Å². The van der Waals surface area contributed by atoms with Gasteiger partial charge in [-0.1, -0.05) is 12.1 Å². The van der Waals surface area contributed by atoms with Crippen molar-refractivity contribution < 1.29 is 19.5 Å². The quantitative estimate of drug-likeness (QED) is 0.478. The maximum atomic E-state index is 9.98. The van der Waals surface area contributed by atoms with Crippen LogP contribution in [0.3, 0.4) is 0 Å². The number of hydrogen-bond donors (Lipinski definition) is 3. The molecule has 98 valence electrons. The molecule has 0 saturated carbocycles. The van der Waals surface area contributed by atoms with Gasteiger partial charge in [0.25, 0.3) is 0 Å². The van der Waals surface area contributed by atoms with Crippen molar-refractivity contribution >= 4 is 12.6 Å². The van der Waals surface area contributed by atoms with Gasteiger partial charge >= 0.3 is 7.12 Å². The summed E-state index contributed by atoms with van der Waals surface area (Å²) in [5.41, 5.74) is 6.53. The van der Waals surface area contributed by atoms with Gasteiger partial charge in [0.2, 0.25) is 0 Å². The fourth-order valence-electron chi connectivity index (χ4n) is 2.16. The molecular formula is C12H18BNO4. The first-order valence-electron chi connectivity index (χ1n) is 6.05. The third kappa shape index (κ3) is 2.24. The van der Waals surface area contributed by atoms with Gasteiger partial charge < -0.3 is 25.3 Å². The summed E-state index contributed by atoms with van der Waals surface area (Å²) in [6.45, 7) is 2.62. The first kappa shape index (κ1) is 13.4. The molecule has 1 unspecified atom stereocenters. The van der Waals surface area contributed by atoms with Gasteiger partial charge in [0.15, 0.2) is 0 Å². The fraction of sp³-hybridized carbons (Fsp3) is 0.500. The van der Waals surface area contributed by atoms with Crippen LogP contribution in [0.15, 0.2) is 18.2 Å². The Kier molecular flexibility index (Phi) is 3.92. The second-order valence-corrected chi connectivity index (χ2v) is 4.55. The number of aliphatic hydroxyl groups is 1. The van der Waals surface area contributed by atoms with Gasteiger partial charge in [-0.2, -0.15) is 0 Å². The Morgan fingerprint density at radius 3 is 2.94 bits per heavy atom. The SMILES string of the molecule is CC1(CN)OB(O)c2c(OCCCO)cccc21. The van der Waals surface area contributed by atoms with Crippen LogP contribution in [0, 0.1) is 0 Å². The van der Waals surface area contributed by atoms with E-state index in [0.29, 0.717) is 24.2 Å². The van der Waals surface area contributed by atoms with E-state index >= 15 is 0 Å². The highest BCUT2D eigenvalue weighted by molar-refractivity contribution is 6.63. The molecule has 2 rings (SSSR count). The molecule has 1 aliphatic heterocycles. The minimum Gasteiger partial charge on any atom is -0.494 e. The summed E-state index contributed by atoms with van der Waals surface area (Å²) in [5.74, 6) is 0.589. The summed E-state index contributed by atoms with van der Waals surface area (Å²) in [6, 6.07) is 5.52. The Hall–Kier alpha value is -1.08. The van der Waals surface area contributed by atoms with Crippen molar-refractivity contribution in [1.82, 2.24) is 0 Å². The average Bonchev–Trinajstić information content (AvgIpc) is 2.64. The van der Waals surface area contributed by atoms with Crippen LogP contribution in [0.5, 0.6) is 5.75 Å². The molecule has 4 N–H and O–H groups in total. The molecule has 1 atom stereocenters. The van der Waals surface area contributed by atoms with Crippen molar-refractivity contribution in [2.75, 3.05) is 19.8 Å². The molecule has 0 bridgehead atoms. The van der Waals surface area contributed by atoms with Crippen LogP contribution in [-0.4, -0.2) is 37.0 Å². The minimum atomic E-state index is -1.01. The summed E-state index contributed by atoms with van der Waals surface area (Å²) >= 11 is 0. The molecule has 0 fully saturated rings. The van der Waals surface area contributed by atoms with Gasteiger partial charge in [0.05, 0.1) is 12.2 Å². The monoisotopic (exact) mass is 251 g/mol. The highest BCUT2D eigenvalue weighted by Gasteiger charge is 2.44. The summed E-state index contributed by atoms with van der Waals surface area (Å²) < 4.78 is 11.1. The van der Waals surface area contributed by atoms with Gasteiger partial charge in [-0.15, -0.1) is 0 Å². The zero-order chi connectivity index (χ0) is 13.2. The maximum Gasteiger partial charge on any atom is 0.496 e. The molecule has 0 aromatic heterocycles. The van der Waals surface area contributed by atoms with E-state index in [0.717, 1.165) is 5.56 Å². The van der Waals surface area contributed by atoms with Crippen LogP contribution in [-0.2, 0) is 10.3 Å². The van der Waals surface area contributed by atoms with Crippen molar-refractivity contribution in [3.63, 3.8) is 0 Å². The summed E-state index contributed by atoms with van der Waals surface area (Å²) in [4.78, 5) is 0. The molecule has 18 heavy (non-hydrogen) atoms. The highest BCUT2D eigenvalue weighted by atomic mass is 16.5. The second-order valence-electron chi connectivity index (χ2n) is 4.55. The first-order chi connectivity index (χ1) is 8.62. The van der Waals surface area contributed by atoms with E-state index in [1.165, 1.54) is 0 Å². The lowest BCUT2D eigenvalue weighted by atomic mass is 9.77. The Morgan fingerprint density at radius 2 is 2.28 bits per heavy atom. The highest BCUT2D eigenvalue weighted by Crippen LogP contribution is 2.32.